The lowest BCUT2D eigenvalue weighted by molar-refractivity contribution is -0.141. The Labute approximate surface area is 131 Å². The first-order valence-electron chi connectivity index (χ1n) is 7.39. The summed E-state index contributed by atoms with van der Waals surface area (Å²) in [6.07, 6.45) is 0.953. The van der Waals surface area contributed by atoms with Gasteiger partial charge in [0, 0.05) is 5.56 Å². The Hall–Kier alpha value is -2.04. The molecule has 0 radical (unpaired) electrons. The number of nitrogens with zero attached hydrogens (tertiary/aromatic N) is 1. The van der Waals surface area contributed by atoms with Crippen LogP contribution in [0.25, 0.3) is 0 Å². The normalized spacial score (nSPS) is 15.6. The first kappa shape index (κ1) is 16.3. The molecule has 22 heavy (non-hydrogen) atoms. The molecular formula is C17H23NO4. The number of rotatable bonds is 5. The van der Waals surface area contributed by atoms with Crippen LogP contribution in [0, 0.1) is 0 Å². The third kappa shape index (κ3) is 3.40. The molecule has 1 aromatic rings. The minimum absolute atomic E-state index is 0.166. The molecule has 5 nitrogen and oxygen atoms in total. The maximum absolute atomic E-state index is 11.9. The van der Waals surface area contributed by atoms with E-state index in [0.717, 1.165) is 23.3 Å². The van der Waals surface area contributed by atoms with Crippen LogP contribution in [0.2, 0.25) is 0 Å². The SMILES string of the molecule is CCOC(=O)CC1=NC(C)(C)Cc2cc(OC)c(OC)cc21. The molecule has 0 N–H and O–H groups in total. The molecule has 0 aromatic heterocycles. The lowest BCUT2D eigenvalue weighted by Crippen LogP contribution is -2.30. The van der Waals surface area contributed by atoms with Gasteiger partial charge in [0.1, 0.15) is 0 Å². The molecule has 0 aliphatic carbocycles. The number of fused-ring (bicyclic) bond motifs is 1. The van der Waals surface area contributed by atoms with E-state index in [0.29, 0.717) is 18.1 Å². The van der Waals surface area contributed by atoms with Crippen LogP contribution in [0.15, 0.2) is 17.1 Å². The number of carbonyl (C=O) groups is 1. The number of hydrogen-bond donors (Lipinski definition) is 0. The highest BCUT2D eigenvalue weighted by Crippen LogP contribution is 2.36. The van der Waals surface area contributed by atoms with Crippen molar-refractivity contribution < 1.29 is 19.0 Å². The lowest BCUT2D eigenvalue weighted by atomic mass is 9.85. The Balaban J connectivity index is 2.46. The van der Waals surface area contributed by atoms with Crippen molar-refractivity contribution >= 4 is 11.7 Å². The Morgan fingerprint density at radius 1 is 1.23 bits per heavy atom. The molecule has 0 amide bonds. The maximum Gasteiger partial charge on any atom is 0.311 e. The van der Waals surface area contributed by atoms with Gasteiger partial charge >= 0.3 is 5.97 Å². The first-order valence-corrected chi connectivity index (χ1v) is 7.39. The molecule has 5 heteroatoms. The summed E-state index contributed by atoms with van der Waals surface area (Å²) >= 11 is 0. The standard InChI is InChI=1S/C17H23NO4/c1-6-22-16(19)9-13-12-8-15(21-5)14(20-4)7-11(12)10-17(2,3)18-13/h7-8H,6,9-10H2,1-5H3. The molecule has 0 atom stereocenters. The van der Waals surface area contributed by atoms with Gasteiger partial charge in [0.15, 0.2) is 11.5 Å². The van der Waals surface area contributed by atoms with E-state index in [9.17, 15) is 4.79 Å². The second-order valence-electron chi connectivity index (χ2n) is 5.89. The Bertz CT molecular complexity index is 605. The second-order valence-corrected chi connectivity index (χ2v) is 5.89. The molecule has 0 saturated carbocycles. The number of methoxy groups -OCH3 is 2. The van der Waals surface area contributed by atoms with Gasteiger partial charge in [0.05, 0.1) is 38.5 Å². The van der Waals surface area contributed by atoms with Gasteiger partial charge < -0.3 is 14.2 Å². The summed E-state index contributed by atoms with van der Waals surface area (Å²) in [6, 6.07) is 3.86. The van der Waals surface area contributed by atoms with Gasteiger partial charge in [-0.05, 0) is 44.9 Å². The van der Waals surface area contributed by atoms with E-state index < -0.39 is 0 Å². The summed E-state index contributed by atoms with van der Waals surface area (Å²) < 4.78 is 15.8. The van der Waals surface area contributed by atoms with Crippen molar-refractivity contribution in [3.8, 4) is 11.5 Å². The van der Waals surface area contributed by atoms with Crippen LogP contribution in [0.4, 0.5) is 0 Å². The number of ether oxygens (including phenoxy) is 3. The van der Waals surface area contributed by atoms with E-state index in [1.807, 2.05) is 12.1 Å². The van der Waals surface area contributed by atoms with Crippen molar-refractivity contribution in [1.82, 2.24) is 0 Å². The predicted octanol–water partition coefficient (Wildman–Crippen LogP) is 2.78. The predicted molar refractivity (Wildman–Crippen MR) is 85.1 cm³/mol. The lowest BCUT2D eigenvalue weighted by Gasteiger charge is -2.29. The second kappa shape index (κ2) is 6.38. The third-order valence-electron chi connectivity index (χ3n) is 3.60. The molecular weight excluding hydrogens is 282 g/mol. The quantitative estimate of drug-likeness (QED) is 0.785. The number of hydrogen-bond acceptors (Lipinski definition) is 5. The Morgan fingerprint density at radius 3 is 2.45 bits per heavy atom. The molecule has 1 aromatic carbocycles. The van der Waals surface area contributed by atoms with Crippen LogP contribution in [0.3, 0.4) is 0 Å². The average Bonchev–Trinajstić information content (AvgIpc) is 2.45. The zero-order chi connectivity index (χ0) is 16.3. The van der Waals surface area contributed by atoms with Gasteiger partial charge in [0.2, 0.25) is 0 Å². The van der Waals surface area contributed by atoms with E-state index in [-0.39, 0.29) is 17.9 Å². The van der Waals surface area contributed by atoms with E-state index in [2.05, 4.69) is 13.8 Å². The van der Waals surface area contributed by atoms with Crippen LogP contribution in [0.1, 0.15) is 38.3 Å². The Morgan fingerprint density at radius 2 is 1.86 bits per heavy atom. The molecule has 1 heterocycles. The van der Waals surface area contributed by atoms with Crippen LogP contribution in [-0.2, 0) is 16.0 Å². The molecule has 0 fully saturated rings. The summed E-state index contributed by atoms with van der Waals surface area (Å²) in [7, 11) is 3.21. The minimum atomic E-state index is -0.264. The van der Waals surface area contributed by atoms with Gasteiger partial charge in [-0.25, -0.2) is 0 Å². The number of benzene rings is 1. The number of carbonyl (C=O) groups excluding carboxylic acids is 1. The van der Waals surface area contributed by atoms with Crippen LogP contribution >= 0.6 is 0 Å². The fraction of sp³-hybridized carbons (Fsp3) is 0.529. The zero-order valence-electron chi connectivity index (χ0n) is 13.9. The minimum Gasteiger partial charge on any atom is -0.493 e. The summed E-state index contributed by atoms with van der Waals surface area (Å²) in [5.41, 5.74) is 2.53. The number of esters is 1. The van der Waals surface area contributed by atoms with Gasteiger partial charge in [0.25, 0.3) is 0 Å². The summed E-state index contributed by atoms with van der Waals surface area (Å²) in [5.74, 6) is 1.06. The monoisotopic (exact) mass is 305 g/mol. The van der Waals surface area contributed by atoms with E-state index >= 15 is 0 Å². The number of aliphatic imine (C=N–C) groups is 1. The Kier molecular flexibility index (Phi) is 4.74. The highest BCUT2D eigenvalue weighted by atomic mass is 16.5. The molecule has 1 aliphatic heterocycles. The fourth-order valence-corrected chi connectivity index (χ4v) is 2.75. The van der Waals surface area contributed by atoms with Gasteiger partial charge in [-0.3, -0.25) is 9.79 Å². The molecule has 120 valence electrons. The van der Waals surface area contributed by atoms with E-state index in [1.54, 1.807) is 21.1 Å². The third-order valence-corrected chi connectivity index (χ3v) is 3.60. The van der Waals surface area contributed by atoms with Crippen molar-refractivity contribution in [2.24, 2.45) is 4.99 Å². The summed E-state index contributed by atoms with van der Waals surface area (Å²) in [4.78, 5) is 16.6. The van der Waals surface area contributed by atoms with Crippen LogP contribution in [0.5, 0.6) is 11.5 Å². The highest BCUT2D eigenvalue weighted by Gasteiger charge is 2.29. The largest absolute Gasteiger partial charge is 0.493 e. The molecule has 2 rings (SSSR count). The molecule has 1 aliphatic rings. The first-order chi connectivity index (χ1) is 10.4. The van der Waals surface area contributed by atoms with Crippen molar-refractivity contribution in [2.75, 3.05) is 20.8 Å². The summed E-state index contributed by atoms with van der Waals surface area (Å²) in [5, 5.41) is 0. The topological polar surface area (TPSA) is 57.1 Å². The van der Waals surface area contributed by atoms with Crippen LogP contribution in [-0.4, -0.2) is 38.0 Å². The van der Waals surface area contributed by atoms with E-state index in [1.165, 1.54) is 0 Å². The zero-order valence-corrected chi connectivity index (χ0v) is 13.9. The van der Waals surface area contributed by atoms with Gasteiger partial charge in [-0.1, -0.05) is 0 Å². The van der Waals surface area contributed by atoms with Crippen molar-refractivity contribution in [2.45, 2.75) is 39.2 Å². The van der Waals surface area contributed by atoms with Gasteiger partial charge in [-0.15, -0.1) is 0 Å². The average molecular weight is 305 g/mol. The smallest absolute Gasteiger partial charge is 0.311 e. The van der Waals surface area contributed by atoms with Crippen molar-refractivity contribution in [1.29, 1.82) is 0 Å². The van der Waals surface area contributed by atoms with Crippen molar-refractivity contribution in [3.63, 3.8) is 0 Å². The molecule has 0 saturated heterocycles. The van der Waals surface area contributed by atoms with E-state index in [4.69, 9.17) is 19.2 Å². The van der Waals surface area contributed by atoms with Crippen LogP contribution < -0.4 is 9.47 Å². The maximum atomic E-state index is 11.9. The van der Waals surface area contributed by atoms with Crippen molar-refractivity contribution in [3.05, 3.63) is 23.3 Å². The molecule has 0 bridgehead atoms. The van der Waals surface area contributed by atoms with Gasteiger partial charge in [-0.2, -0.15) is 0 Å². The highest BCUT2D eigenvalue weighted by molar-refractivity contribution is 6.11. The summed E-state index contributed by atoms with van der Waals surface area (Å²) in [6.45, 7) is 6.27. The fourth-order valence-electron chi connectivity index (χ4n) is 2.75. The molecule has 0 spiro atoms. The molecule has 0 unspecified atom stereocenters.